The second kappa shape index (κ2) is 7.34. The molecule has 2 atom stereocenters. The van der Waals surface area contributed by atoms with Crippen LogP contribution in [0, 0.1) is 17.6 Å². The summed E-state index contributed by atoms with van der Waals surface area (Å²) in [6, 6.07) is 3.26. The zero-order chi connectivity index (χ0) is 14.4. The van der Waals surface area contributed by atoms with Crippen molar-refractivity contribution < 1.29 is 13.6 Å². The van der Waals surface area contributed by atoms with Crippen molar-refractivity contribution in [1.82, 2.24) is 0 Å². The first-order chi connectivity index (χ1) is 8.90. The van der Waals surface area contributed by atoms with Gasteiger partial charge < -0.3 is 5.73 Å². The molecule has 0 spiro atoms. The van der Waals surface area contributed by atoms with E-state index in [1.54, 1.807) is 0 Å². The smallest absolute Gasteiger partial charge is 0.146 e. The number of benzene rings is 1. The van der Waals surface area contributed by atoms with Crippen molar-refractivity contribution in [3.05, 3.63) is 35.4 Å². The molecule has 0 saturated heterocycles. The molecular formula is C15H21F2NO. The van der Waals surface area contributed by atoms with Crippen LogP contribution >= 0.6 is 0 Å². The molecule has 2 nitrogen and oxygen atoms in total. The van der Waals surface area contributed by atoms with E-state index in [4.69, 9.17) is 5.73 Å². The van der Waals surface area contributed by atoms with Crippen molar-refractivity contribution in [1.29, 1.82) is 0 Å². The Balaban J connectivity index is 2.35. The van der Waals surface area contributed by atoms with Crippen LogP contribution in [0.3, 0.4) is 0 Å². The number of rotatable bonds is 7. The second-order valence-electron chi connectivity index (χ2n) is 5.19. The zero-order valence-corrected chi connectivity index (χ0v) is 11.5. The fourth-order valence-corrected chi connectivity index (χ4v) is 2.08. The lowest BCUT2D eigenvalue weighted by Crippen LogP contribution is -2.30. The molecule has 0 aromatic heterocycles. The van der Waals surface area contributed by atoms with Crippen LogP contribution in [-0.4, -0.2) is 11.8 Å². The van der Waals surface area contributed by atoms with Gasteiger partial charge in [0.2, 0.25) is 0 Å². The number of nitrogens with two attached hydrogens (primary N) is 1. The molecule has 1 aromatic carbocycles. The third-order valence-corrected chi connectivity index (χ3v) is 3.34. The fraction of sp³-hybridized carbons (Fsp3) is 0.533. The van der Waals surface area contributed by atoms with Crippen molar-refractivity contribution >= 4 is 5.78 Å². The lowest BCUT2D eigenvalue weighted by atomic mass is 9.94. The summed E-state index contributed by atoms with van der Waals surface area (Å²) in [6.45, 7) is 3.52. The van der Waals surface area contributed by atoms with Crippen molar-refractivity contribution in [2.75, 3.05) is 0 Å². The van der Waals surface area contributed by atoms with E-state index >= 15 is 0 Å². The molecule has 0 aliphatic heterocycles. The maximum Gasteiger partial charge on any atom is 0.146 e. The first-order valence-electron chi connectivity index (χ1n) is 6.60. The molecular weight excluding hydrogens is 248 g/mol. The largest absolute Gasteiger partial charge is 0.322 e. The quantitative estimate of drug-likeness (QED) is 0.825. The molecule has 2 unspecified atom stereocenters. The van der Waals surface area contributed by atoms with Crippen molar-refractivity contribution in [2.45, 2.75) is 45.6 Å². The predicted octanol–water partition coefficient (Wildman–Crippen LogP) is 3.23. The Kier molecular flexibility index (Phi) is 6.09. The first kappa shape index (κ1) is 15.8. The van der Waals surface area contributed by atoms with Crippen LogP contribution in [0.2, 0.25) is 0 Å². The Morgan fingerprint density at radius 1 is 1.37 bits per heavy atom. The topological polar surface area (TPSA) is 43.1 Å². The summed E-state index contributed by atoms with van der Waals surface area (Å²) < 4.78 is 26.1. The second-order valence-corrected chi connectivity index (χ2v) is 5.19. The number of hydrogen-bond acceptors (Lipinski definition) is 2. The lowest BCUT2D eigenvalue weighted by molar-refractivity contribution is -0.118. The van der Waals surface area contributed by atoms with Crippen LogP contribution in [0.4, 0.5) is 8.78 Å². The summed E-state index contributed by atoms with van der Waals surface area (Å²) in [7, 11) is 0. The van der Waals surface area contributed by atoms with Gasteiger partial charge in [0.25, 0.3) is 0 Å². The summed E-state index contributed by atoms with van der Waals surface area (Å²) in [5.74, 6) is -0.728. The minimum atomic E-state index is -0.554. The van der Waals surface area contributed by atoms with Crippen LogP contribution in [0.5, 0.6) is 0 Å². The Labute approximate surface area is 113 Å². The average molecular weight is 269 g/mol. The SMILES string of the molecule is CC(=O)C(N)CC(C)CCCc1ccc(F)cc1F. The van der Waals surface area contributed by atoms with Gasteiger partial charge in [0.05, 0.1) is 6.04 Å². The van der Waals surface area contributed by atoms with E-state index in [2.05, 4.69) is 0 Å². The van der Waals surface area contributed by atoms with E-state index in [1.807, 2.05) is 6.92 Å². The highest BCUT2D eigenvalue weighted by molar-refractivity contribution is 5.81. The molecule has 0 heterocycles. The fourth-order valence-electron chi connectivity index (χ4n) is 2.08. The maximum atomic E-state index is 13.4. The molecule has 0 aliphatic carbocycles. The summed E-state index contributed by atoms with van der Waals surface area (Å²) >= 11 is 0. The lowest BCUT2D eigenvalue weighted by Gasteiger charge is -2.15. The summed E-state index contributed by atoms with van der Waals surface area (Å²) in [6.07, 6.45) is 2.90. The van der Waals surface area contributed by atoms with Gasteiger partial charge in [-0.05, 0) is 43.7 Å². The number of Topliss-reactive ketones (excluding diaryl/α,β-unsaturated/α-hetero) is 1. The van der Waals surface area contributed by atoms with E-state index in [-0.39, 0.29) is 5.78 Å². The van der Waals surface area contributed by atoms with Crippen molar-refractivity contribution in [3.63, 3.8) is 0 Å². The Hall–Kier alpha value is -1.29. The van der Waals surface area contributed by atoms with E-state index in [9.17, 15) is 13.6 Å². The Bertz CT molecular complexity index is 434. The first-order valence-corrected chi connectivity index (χ1v) is 6.60. The molecule has 19 heavy (non-hydrogen) atoms. The summed E-state index contributed by atoms with van der Waals surface area (Å²) in [4.78, 5) is 11.0. The van der Waals surface area contributed by atoms with Crippen molar-refractivity contribution in [3.8, 4) is 0 Å². The summed E-state index contributed by atoms with van der Waals surface area (Å²) in [5.41, 5.74) is 6.22. The van der Waals surface area contributed by atoms with Gasteiger partial charge >= 0.3 is 0 Å². The van der Waals surface area contributed by atoms with Gasteiger partial charge in [0.15, 0.2) is 0 Å². The van der Waals surface area contributed by atoms with Crippen LogP contribution in [-0.2, 0) is 11.2 Å². The average Bonchev–Trinajstić information content (AvgIpc) is 2.31. The van der Waals surface area contributed by atoms with E-state index in [1.165, 1.54) is 19.1 Å². The van der Waals surface area contributed by atoms with Gasteiger partial charge in [-0.25, -0.2) is 8.78 Å². The molecule has 0 aliphatic rings. The third-order valence-electron chi connectivity index (χ3n) is 3.34. The summed E-state index contributed by atoms with van der Waals surface area (Å²) in [5, 5.41) is 0. The molecule has 0 bridgehead atoms. The minimum Gasteiger partial charge on any atom is -0.322 e. The number of carbonyl (C=O) groups excluding carboxylic acids is 1. The molecule has 0 radical (unpaired) electrons. The number of hydrogen-bond donors (Lipinski definition) is 1. The Morgan fingerprint density at radius 2 is 2.05 bits per heavy atom. The van der Waals surface area contributed by atoms with Gasteiger partial charge in [0, 0.05) is 6.07 Å². The van der Waals surface area contributed by atoms with E-state index in [0.717, 1.165) is 18.9 Å². The normalized spacial score (nSPS) is 14.2. The molecule has 4 heteroatoms. The van der Waals surface area contributed by atoms with E-state index < -0.39 is 17.7 Å². The molecule has 1 rings (SSSR count). The highest BCUT2D eigenvalue weighted by atomic mass is 19.1. The van der Waals surface area contributed by atoms with E-state index in [0.29, 0.717) is 24.3 Å². The number of ketones is 1. The zero-order valence-electron chi connectivity index (χ0n) is 11.5. The van der Waals surface area contributed by atoms with Gasteiger partial charge in [-0.3, -0.25) is 4.79 Å². The van der Waals surface area contributed by atoms with Gasteiger partial charge in [0.1, 0.15) is 17.4 Å². The standard InChI is InChI=1S/C15H21F2NO/c1-10(8-15(18)11(2)19)4-3-5-12-6-7-13(16)9-14(12)17/h6-7,9-10,15H,3-5,8,18H2,1-2H3. The monoisotopic (exact) mass is 269 g/mol. The van der Waals surface area contributed by atoms with Crippen LogP contribution in [0.25, 0.3) is 0 Å². The molecule has 2 N–H and O–H groups in total. The third kappa shape index (κ3) is 5.47. The molecule has 1 aromatic rings. The molecule has 0 amide bonds. The minimum absolute atomic E-state index is 0.00331. The highest BCUT2D eigenvalue weighted by Crippen LogP contribution is 2.17. The molecule has 106 valence electrons. The number of aryl methyl sites for hydroxylation is 1. The highest BCUT2D eigenvalue weighted by Gasteiger charge is 2.13. The van der Waals surface area contributed by atoms with Crippen LogP contribution in [0.15, 0.2) is 18.2 Å². The van der Waals surface area contributed by atoms with Crippen LogP contribution in [0.1, 0.15) is 38.7 Å². The van der Waals surface area contributed by atoms with Crippen LogP contribution < -0.4 is 5.73 Å². The number of carbonyl (C=O) groups is 1. The molecule has 0 fully saturated rings. The maximum absolute atomic E-state index is 13.4. The number of halogens is 2. The predicted molar refractivity (Wildman–Crippen MR) is 71.7 cm³/mol. The van der Waals surface area contributed by atoms with Gasteiger partial charge in [-0.2, -0.15) is 0 Å². The van der Waals surface area contributed by atoms with Gasteiger partial charge in [-0.1, -0.05) is 19.4 Å². The van der Waals surface area contributed by atoms with Crippen molar-refractivity contribution in [2.24, 2.45) is 11.7 Å². The Morgan fingerprint density at radius 3 is 2.63 bits per heavy atom. The van der Waals surface area contributed by atoms with Gasteiger partial charge in [-0.15, -0.1) is 0 Å². The molecule has 0 saturated carbocycles.